The Kier molecular flexibility index (Phi) is 4.38. The summed E-state index contributed by atoms with van der Waals surface area (Å²) in [6.07, 6.45) is 0. The molecule has 25 heavy (non-hydrogen) atoms. The summed E-state index contributed by atoms with van der Waals surface area (Å²) in [7, 11) is 4.72. The van der Waals surface area contributed by atoms with E-state index in [9.17, 15) is 9.90 Å². The highest BCUT2D eigenvalue weighted by Crippen LogP contribution is 2.38. The zero-order valence-electron chi connectivity index (χ0n) is 14.1. The van der Waals surface area contributed by atoms with Crippen LogP contribution in [0.4, 0.5) is 5.69 Å². The van der Waals surface area contributed by atoms with Crippen LogP contribution >= 0.6 is 0 Å². The molecule has 1 heterocycles. The quantitative estimate of drug-likeness (QED) is 0.732. The Bertz CT molecular complexity index is 976. The number of amides is 1. The van der Waals surface area contributed by atoms with Gasteiger partial charge in [-0.1, -0.05) is 18.2 Å². The molecular weight excluding hydrogens is 322 g/mol. The van der Waals surface area contributed by atoms with Crippen molar-refractivity contribution in [3.8, 4) is 17.4 Å². The van der Waals surface area contributed by atoms with E-state index in [2.05, 4.69) is 10.2 Å². The molecular formula is C18H17N3O4. The number of hydrogen-bond acceptors (Lipinski definition) is 5. The van der Waals surface area contributed by atoms with Gasteiger partial charge < -0.3 is 19.1 Å². The summed E-state index contributed by atoms with van der Waals surface area (Å²) in [5.74, 6) is 0.345. The van der Waals surface area contributed by atoms with E-state index in [1.54, 1.807) is 23.7 Å². The third kappa shape index (κ3) is 2.91. The Morgan fingerprint density at radius 3 is 2.52 bits per heavy atom. The van der Waals surface area contributed by atoms with Gasteiger partial charge in [0.2, 0.25) is 5.88 Å². The average Bonchev–Trinajstić information content (AvgIpc) is 2.90. The predicted octanol–water partition coefficient (Wildman–Crippen LogP) is 3.83. The highest BCUT2D eigenvalue weighted by atomic mass is 16.5. The number of carbonyl (C=O) groups is 1. The van der Waals surface area contributed by atoms with Crippen LogP contribution in [0.3, 0.4) is 0 Å². The second-order valence-electron chi connectivity index (χ2n) is 5.32. The van der Waals surface area contributed by atoms with Crippen LogP contribution in [0.1, 0.15) is 10.4 Å². The normalized spacial score (nSPS) is 11.2. The molecule has 0 saturated heterocycles. The van der Waals surface area contributed by atoms with E-state index in [1.165, 1.54) is 20.3 Å². The third-order valence-electron chi connectivity index (χ3n) is 3.92. The number of fused-ring (bicyclic) bond motifs is 1. The van der Waals surface area contributed by atoms with Gasteiger partial charge in [-0.2, -0.15) is 0 Å². The van der Waals surface area contributed by atoms with Crippen molar-refractivity contribution >= 4 is 22.5 Å². The monoisotopic (exact) mass is 339 g/mol. The van der Waals surface area contributed by atoms with Crippen molar-refractivity contribution in [1.82, 2.24) is 4.57 Å². The summed E-state index contributed by atoms with van der Waals surface area (Å²) in [5, 5.41) is 18.6. The molecule has 0 spiro atoms. The first-order valence-corrected chi connectivity index (χ1v) is 7.51. The molecule has 0 aliphatic heterocycles. The molecule has 0 aliphatic carbocycles. The Balaban J connectivity index is 1.95. The Morgan fingerprint density at radius 2 is 1.80 bits per heavy atom. The number of aromatic nitrogens is 1. The number of azo groups is 1. The molecule has 3 rings (SSSR count). The van der Waals surface area contributed by atoms with Gasteiger partial charge in [0, 0.05) is 18.0 Å². The number of aryl methyl sites for hydroxylation is 1. The Labute approximate surface area is 144 Å². The summed E-state index contributed by atoms with van der Waals surface area (Å²) in [4.78, 5) is 12.3. The van der Waals surface area contributed by atoms with Gasteiger partial charge in [-0.25, -0.2) is 0 Å². The number of benzene rings is 2. The highest BCUT2D eigenvalue weighted by molar-refractivity contribution is 5.97. The van der Waals surface area contributed by atoms with Crippen molar-refractivity contribution in [3.05, 3.63) is 48.0 Å². The number of para-hydroxylation sites is 1. The van der Waals surface area contributed by atoms with Crippen LogP contribution in [0, 0.1) is 0 Å². The molecule has 0 unspecified atom stereocenters. The van der Waals surface area contributed by atoms with Crippen molar-refractivity contribution in [2.24, 2.45) is 17.3 Å². The SMILES string of the molecule is COc1ccc(C(=O)N=Nc2c(O)n(C)c3ccccc23)cc1OC. The number of nitrogens with zero attached hydrogens (tertiary/aromatic N) is 3. The zero-order valence-corrected chi connectivity index (χ0v) is 14.1. The van der Waals surface area contributed by atoms with Crippen molar-refractivity contribution in [2.45, 2.75) is 0 Å². The van der Waals surface area contributed by atoms with Gasteiger partial charge >= 0.3 is 0 Å². The highest BCUT2D eigenvalue weighted by Gasteiger charge is 2.15. The lowest BCUT2D eigenvalue weighted by Gasteiger charge is -2.07. The van der Waals surface area contributed by atoms with E-state index in [0.717, 1.165) is 5.52 Å². The molecule has 0 saturated carbocycles. The van der Waals surface area contributed by atoms with Gasteiger partial charge in [0.05, 0.1) is 19.7 Å². The van der Waals surface area contributed by atoms with E-state index in [1.807, 2.05) is 24.3 Å². The number of methoxy groups -OCH3 is 2. The van der Waals surface area contributed by atoms with Crippen LogP contribution in [-0.4, -0.2) is 29.8 Å². The average molecular weight is 339 g/mol. The fourth-order valence-electron chi connectivity index (χ4n) is 2.58. The predicted molar refractivity (Wildman–Crippen MR) is 93.0 cm³/mol. The van der Waals surface area contributed by atoms with Crippen molar-refractivity contribution in [1.29, 1.82) is 0 Å². The van der Waals surface area contributed by atoms with Gasteiger partial charge in [-0.3, -0.25) is 4.79 Å². The fraction of sp³-hybridized carbons (Fsp3) is 0.167. The summed E-state index contributed by atoms with van der Waals surface area (Å²) in [5.41, 5.74) is 1.36. The summed E-state index contributed by atoms with van der Waals surface area (Å²) >= 11 is 0. The van der Waals surface area contributed by atoms with Crippen molar-refractivity contribution in [2.75, 3.05) is 14.2 Å². The maximum absolute atomic E-state index is 12.3. The lowest BCUT2D eigenvalue weighted by atomic mass is 10.2. The fourth-order valence-corrected chi connectivity index (χ4v) is 2.58. The second kappa shape index (κ2) is 6.64. The molecule has 1 aromatic heterocycles. The molecule has 0 atom stereocenters. The van der Waals surface area contributed by atoms with Crippen LogP contribution < -0.4 is 9.47 Å². The van der Waals surface area contributed by atoms with Crippen LogP contribution in [0.25, 0.3) is 10.9 Å². The Morgan fingerprint density at radius 1 is 1.08 bits per heavy atom. The standard InChI is InChI=1S/C18H17N3O4/c1-21-13-7-5-4-6-12(13)16(18(21)23)19-20-17(22)11-8-9-14(24-2)15(10-11)25-3/h4-10,23H,1-3H3. The summed E-state index contributed by atoms with van der Waals surface area (Å²) in [6, 6.07) is 12.1. The molecule has 128 valence electrons. The first kappa shape index (κ1) is 16.5. The number of rotatable bonds is 4. The van der Waals surface area contributed by atoms with E-state index in [0.29, 0.717) is 22.4 Å². The third-order valence-corrected chi connectivity index (χ3v) is 3.92. The molecule has 1 N–H and O–H groups in total. The van der Waals surface area contributed by atoms with Gasteiger partial charge in [-0.05, 0) is 24.3 Å². The molecule has 2 aromatic carbocycles. The Hall–Kier alpha value is -3.35. The second-order valence-corrected chi connectivity index (χ2v) is 5.32. The molecule has 1 amide bonds. The molecule has 0 bridgehead atoms. The smallest absolute Gasteiger partial charge is 0.295 e. The number of hydrogen-bond donors (Lipinski definition) is 1. The van der Waals surface area contributed by atoms with Crippen LogP contribution in [-0.2, 0) is 7.05 Å². The minimum atomic E-state index is -0.548. The van der Waals surface area contributed by atoms with Gasteiger partial charge in [0.1, 0.15) is 0 Å². The molecule has 0 fully saturated rings. The van der Waals surface area contributed by atoms with Gasteiger partial charge in [0.25, 0.3) is 5.91 Å². The first-order valence-electron chi connectivity index (χ1n) is 7.51. The molecule has 0 aliphatic rings. The van der Waals surface area contributed by atoms with Crippen molar-refractivity contribution < 1.29 is 19.4 Å². The lowest BCUT2D eigenvalue weighted by molar-refractivity contribution is 0.0994. The van der Waals surface area contributed by atoms with E-state index >= 15 is 0 Å². The van der Waals surface area contributed by atoms with Gasteiger partial charge in [-0.15, -0.1) is 10.2 Å². The summed E-state index contributed by atoms with van der Waals surface area (Å²) < 4.78 is 11.9. The molecule has 3 aromatic rings. The molecule has 0 radical (unpaired) electrons. The van der Waals surface area contributed by atoms with Crippen molar-refractivity contribution in [3.63, 3.8) is 0 Å². The van der Waals surface area contributed by atoms with E-state index in [-0.39, 0.29) is 11.6 Å². The summed E-state index contributed by atoms with van der Waals surface area (Å²) in [6.45, 7) is 0. The lowest BCUT2D eigenvalue weighted by Crippen LogP contribution is -1.97. The number of ether oxygens (including phenoxy) is 2. The van der Waals surface area contributed by atoms with E-state index < -0.39 is 5.91 Å². The molecule has 7 heteroatoms. The van der Waals surface area contributed by atoms with Crippen LogP contribution in [0.5, 0.6) is 17.4 Å². The minimum Gasteiger partial charge on any atom is -0.493 e. The maximum atomic E-state index is 12.3. The van der Waals surface area contributed by atoms with E-state index in [4.69, 9.17) is 9.47 Å². The number of aromatic hydroxyl groups is 1. The molecule has 7 nitrogen and oxygen atoms in total. The van der Waals surface area contributed by atoms with Crippen LogP contribution in [0.2, 0.25) is 0 Å². The zero-order chi connectivity index (χ0) is 18.0. The maximum Gasteiger partial charge on any atom is 0.295 e. The first-order chi connectivity index (χ1) is 12.1. The minimum absolute atomic E-state index is 0.0509. The van der Waals surface area contributed by atoms with Gasteiger partial charge in [0.15, 0.2) is 17.2 Å². The topological polar surface area (TPSA) is 85.4 Å². The number of carbonyl (C=O) groups excluding carboxylic acids is 1. The van der Waals surface area contributed by atoms with Crippen LogP contribution in [0.15, 0.2) is 52.7 Å². The largest absolute Gasteiger partial charge is 0.493 e.